The maximum atomic E-state index is 13.2. The number of amides is 1. The molecule has 4 rings (SSSR count). The lowest BCUT2D eigenvalue weighted by molar-refractivity contribution is -0.116. The number of nitrogens with one attached hydrogen (secondary N) is 1. The Morgan fingerprint density at radius 1 is 1.19 bits per heavy atom. The number of benzene rings is 2. The smallest absolute Gasteiger partial charge is 0.250 e. The molecule has 7 heteroatoms. The van der Waals surface area contributed by atoms with Crippen molar-refractivity contribution >= 4 is 27.3 Å². The van der Waals surface area contributed by atoms with Crippen molar-refractivity contribution in [3.63, 3.8) is 0 Å². The van der Waals surface area contributed by atoms with E-state index in [2.05, 4.69) is 5.32 Å². The molecule has 1 saturated carbocycles. The second kappa shape index (κ2) is 5.99. The number of fused-ring (bicyclic) bond motifs is 1. The molecular weight excluding hydrogens is 364 g/mol. The molecule has 2 fully saturated rings. The summed E-state index contributed by atoms with van der Waals surface area (Å²) in [5.74, 6) is 0.0599. The van der Waals surface area contributed by atoms with Crippen LogP contribution < -0.4 is 14.4 Å². The molecule has 2 aromatic carbocycles. The van der Waals surface area contributed by atoms with E-state index in [9.17, 15) is 13.2 Å². The largest absolute Gasteiger partial charge is 0.497 e. The van der Waals surface area contributed by atoms with Gasteiger partial charge in [0.15, 0.2) is 4.75 Å². The van der Waals surface area contributed by atoms with Crippen LogP contribution in [0.1, 0.15) is 17.5 Å². The van der Waals surface area contributed by atoms with E-state index in [-0.39, 0.29) is 5.92 Å². The van der Waals surface area contributed by atoms with Gasteiger partial charge in [-0.05, 0) is 56.2 Å². The molecule has 0 spiro atoms. The van der Waals surface area contributed by atoms with Crippen LogP contribution in [0.15, 0.2) is 42.5 Å². The van der Waals surface area contributed by atoms with Crippen LogP contribution in [0.5, 0.6) is 5.75 Å². The quantitative estimate of drug-likeness (QED) is 0.877. The Balaban J connectivity index is 1.61. The van der Waals surface area contributed by atoms with Crippen molar-refractivity contribution in [2.45, 2.75) is 25.0 Å². The van der Waals surface area contributed by atoms with Crippen LogP contribution in [0.4, 0.5) is 11.4 Å². The van der Waals surface area contributed by atoms with Gasteiger partial charge in [0.2, 0.25) is 15.9 Å². The molecule has 142 valence electrons. The van der Waals surface area contributed by atoms with Gasteiger partial charge in [0.25, 0.3) is 0 Å². The highest BCUT2D eigenvalue weighted by Gasteiger charge is 2.75. The van der Waals surface area contributed by atoms with Gasteiger partial charge in [0.05, 0.1) is 12.8 Å². The molecule has 1 amide bonds. The lowest BCUT2D eigenvalue weighted by Gasteiger charge is -2.23. The Labute approximate surface area is 159 Å². The van der Waals surface area contributed by atoms with Crippen molar-refractivity contribution in [3.8, 4) is 5.75 Å². The number of hydrogen-bond acceptors (Lipinski definition) is 4. The highest BCUT2D eigenvalue weighted by Crippen LogP contribution is 2.58. The zero-order valence-electron chi connectivity index (χ0n) is 15.5. The van der Waals surface area contributed by atoms with Crippen molar-refractivity contribution in [1.29, 1.82) is 0 Å². The van der Waals surface area contributed by atoms with Crippen LogP contribution in [-0.4, -0.2) is 32.7 Å². The number of rotatable bonds is 4. The molecule has 2 aromatic rings. The summed E-state index contributed by atoms with van der Waals surface area (Å²) in [6.45, 7) is 4.15. The Kier molecular flexibility index (Phi) is 3.96. The van der Waals surface area contributed by atoms with Crippen molar-refractivity contribution < 1.29 is 17.9 Å². The van der Waals surface area contributed by atoms with Crippen LogP contribution in [0, 0.1) is 19.8 Å². The molecule has 6 nitrogen and oxygen atoms in total. The molecule has 0 radical (unpaired) electrons. The van der Waals surface area contributed by atoms with Crippen molar-refractivity contribution in [2.75, 3.05) is 23.3 Å². The average Bonchev–Trinajstić information content (AvgIpc) is 3.33. The average molecular weight is 386 g/mol. The van der Waals surface area contributed by atoms with E-state index in [0.717, 1.165) is 11.1 Å². The number of carbonyl (C=O) groups is 1. The van der Waals surface area contributed by atoms with E-state index >= 15 is 0 Å². The van der Waals surface area contributed by atoms with Crippen LogP contribution >= 0.6 is 0 Å². The lowest BCUT2D eigenvalue weighted by Crippen LogP contribution is -2.42. The first-order valence-electron chi connectivity index (χ1n) is 8.84. The van der Waals surface area contributed by atoms with Gasteiger partial charge < -0.3 is 10.1 Å². The van der Waals surface area contributed by atoms with Crippen molar-refractivity contribution in [3.05, 3.63) is 53.6 Å². The first kappa shape index (κ1) is 17.9. The lowest BCUT2D eigenvalue weighted by atomic mass is 10.1. The Morgan fingerprint density at radius 2 is 1.89 bits per heavy atom. The molecule has 2 aliphatic rings. The van der Waals surface area contributed by atoms with Crippen molar-refractivity contribution in [2.24, 2.45) is 5.92 Å². The topological polar surface area (TPSA) is 75.7 Å². The normalized spacial score (nSPS) is 25.0. The number of ether oxygens (including phenoxy) is 1. The zero-order chi connectivity index (χ0) is 19.4. The summed E-state index contributed by atoms with van der Waals surface area (Å²) in [5, 5.41) is 2.82. The fourth-order valence-corrected chi connectivity index (χ4v) is 6.17. The monoisotopic (exact) mass is 386 g/mol. The fraction of sp³-hybridized carbons (Fsp3) is 0.350. The maximum Gasteiger partial charge on any atom is 0.250 e. The summed E-state index contributed by atoms with van der Waals surface area (Å²) in [6, 6.07) is 12.6. The third kappa shape index (κ3) is 2.60. The van der Waals surface area contributed by atoms with E-state index in [1.807, 2.05) is 26.0 Å². The van der Waals surface area contributed by atoms with Gasteiger partial charge in [-0.1, -0.05) is 17.7 Å². The molecule has 1 heterocycles. The van der Waals surface area contributed by atoms with E-state index < -0.39 is 20.7 Å². The molecule has 1 N–H and O–H groups in total. The molecule has 0 unspecified atom stereocenters. The highest BCUT2D eigenvalue weighted by molar-refractivity contribution is 7.95. The second-order valence-electron chi connectivity index (χ2n) is 7.30. The standard InChI is InChI=1S/C20H22N2O4S/c1-13-4-6-16(7-5-13)22-12-15-11-20(15,27(22,24)25)19(23)21-18-9-8-17(26-3)10-14(18)2/h4-10,15H,11-12H2,1-3H3,(H,21,23)/t15-,20-/m0/s1. The fourth-order valence-electron chi connectivity index (χ4n) is 3.81. The number of anilines is 2. The number of aryl methyl sites for hydroxylation is 2. The van der Waals surface area contributed by atoms with Gasteiger partial charge in [-0.3, -0.25) is 9.10 Å². The molecular formula is C20H22N2O4S. The van der Waals surface area contributed by atoms with E-state index in [4.69, 9.17) is 4.74 Å². The van der Waals surface area contributed by atoms with E-state index in [1.54, 1.807) is 37.4 Å². The van der Waals surface area contributed by atoms with E-state index in [0.29, 0.717) is 30.1 Å². The van der Waals surface area contributed by atoms with Crippen LogP contribution in [0.2, 0.25) is 0 Å². The SMILES string of the molecule is COc1ccc(NC(=O)[C@]23C[C@H]2CN(c2ccc(C)cc2)S3(=O)=O)c(C)c1. The first-order valence-corrected chi connectivity index (χ1v) is 10.3. The van der Waals surface area contributed by atoms with Crippen LogP contribution in [0.3, 0.4) is 0 Å². The van der Waals surface area contributed by atoms with Crippen LogP contribution in [0.25, 0.3) is 0 Å². The maximum absolute atomic E-state index is 13.2. The number of methoxy groups -OCH3 is 1. The number of nitrogens with zero attached hydrogens (tertiary/aromatic N) is 1. The minimum Gasteiger partial charge on any atom is -0.497 e. The summed E-state index contributed by atoms with van der Waals surface area (Å²) in [5.41, 5.74) is 3.09. The van der Waals surface area contributed by atoms with Gasteiger partial charge in [-0.25, -0.2) is 8.42 Å². The minimum atomic E-state index is -3.77. The third-order valence-corrected chi connectivity index (χ3v) is 8.12. The zero-order valence-corrected chi connectivity index (χ0v) is 16.3. The summed E-state index contributed by atoms with van der Waals surface area (Å²) in [7, 11) is -2.19. The predicted molar refractivity (Wildman–Crippen MR) is 105 cm³/mol. The van der Waals surface area contributed by atoms with Crippen LogP contribution in [-0.2, 0) is 14.8 Å². The first-order chi connectivity index (χ1) is 12.8. The van der Waals surface area contributed by atoms with Crippen molar-refractivity contribution in [1.82, 2.24) is 0 Å². The third-order valence-electron chi connectivity index (χ3n) is 5.57. The molecule has 1 aliphatic carbocycles. The molecule has 0 aromatic heterocycles. The molecule has 27 heavy (non-hydrogen) atoms. The summed E-state index contributed by atoms with van der Waals surface area (Å²) in [6.07, 6.45) is 0.374. The molecule has 1 saturated heterocycles. The van der Waals surface area contributed by atoms with E-state index in [1.165, 1.54) is 4.31 Å². The van der Waals surface area contributed by atoms with Gasteiger partial charge >= 0.3 is 0 Å². The molecule has 1 aliphatic heterocycles. The van der Waals surface area contributed by atoms with Gasteiger partial charge in [0, 0.05) is 18.2 Å². The Morgan fingerprint density at radius 3 is 2.52 bits per heavy atom. The Hall–Kier alpha value is -2.54. The summed E-state index contributed by atoms with van der Waals surface area (Å²) < 4.78 is 31.6. The van der Waals surface area contributed by atoms with Gasteiger partial charge in [-0.15, -0.1) is 0 Å². The molecule has 0 bridgehead atoms. The molecule has 2 atom stereocenters. The second-order valence-corrected chi connectivity index (χ2v) is 9.42. The highest BCUT2D eigenvalue weighted by atomic mass is 32.2. The number of hydrogen-bond donors (Lipinski definition) is 1. The van der Waals surface area contributed by atoms with Gasteiger partial charge in [0.1, 0.15) is 5.75 Å². The number of sulfonamides is 1. The summed E-state index contributed by atoms with van der Waals surface area (Å²) in [4.78, 5) is 13.0. The number of carbonyl (C=O) groups excluding carboxylic acids is 1. The van der Waals surface area contributed by atoms with Gasteiger partial charge in [-0.2, -0.15) is 0 Å². The predicted octanol–water partition coefficient (Wildman–Crippen LogP) is 2.86. The Bertz CT molecular complexity index is 1020. The summed E-state index contributed by atoms with van der Waals surface area (Å²) >= 11 is 0. The minimum absolute atomic E-state index is 0.178.